The maximum atomic E-state index is 12.8. The van der Waals surface area contributed by atoms with Gasteiger partial charge in [-0.1, -0.05) is 30.4 Å². The van der Waals surface area contributed by atoms with E-state index in [9.17, 15) is 19.2 Å². The molecule has 0 N–H and O–H groups in total. The maximum Gasteiger partial charge on any atom is 0.338 e. The number of nitrogens with zero attached hydrogens (tertiary/aromatic N) is 1. The molecular weight excluding hydrogens is 410 g/mol. The number of allylic oxidation sites excluding steroid dienone is 2. The number of amides is 2. The SMILES string of the molecule is CCOC(=O)c1ccc(COC(=O)c2cccc(N3C(=O)[C@H]4CC=CC[C@H]4C3=O)c2)cc1. The van der Waals surface area contributed by atoms with Gasteiger partial charge in [0, 0.05) is 0 Å². The van der Waals surface area contributed by atoms with Crippen LogP contribution in [-0.2, 0) is 25.7 Å². The largest absolute Gasteiger partial charge is 0.462 e. The van der Waals surface area contributed by atoms with Crippen LogP contribution in [0.2, 0.25) is 0 Å². The van der Waals surface area contributed by atoms with Crippen molar-refractivity contribution in [1.82, 2.24) is 0 Å². The van der Waals surface area contributed by atoms with E-state index in [0.29, 0.717) is 36.3 Å². The van der Waals surface area contributed by atoms with Crippen LogP contribution >= 0.6 is 0 Å². The Morgan fingerprint density at radius 1 is 0.875 bits per heavy atom. The number of fused-ring (bicyclic) bond motifs is 1. The summed E-state index contributed by atoms with van der Waals surface area (Å²) in [4.78, 5) is 51.0. The normalized spacial score (nSPS) is 19.6. The van der Waals surface area contributed by atoms with Crippen LogP contribution < -0.4 is 4.90 Å². The van der Waals surface area contributed by atoms with Crippen LogP contribution in [0.3, 0.4) is 0 Å². The van der Waals surface area contributed by atoms with Gasteiger partial charge in [0.05, 0.1) is 35.3 Å². The summed E-state index contributed by atoms with van der Waals surface area (Å²) >= 11 is 0. The van der Waals surface area contributed by atoms with Crippen LogP contribution in [0.4, 0.5) is 5.69 Å². The lowest BCUT2D eigenvalue weighted by molar-refractivity contribution is -0.122. The van der Waals surface area contributed by atoms with Gasteiger partial charge in [-0.15, -0.1) is 0 Å². The predicted molar refractivity (Wildman–Crippen MR) is 116 cm³/mol. The Kier molecular flexibility index (Phi) is 6.16. The molecule has 1 aliphatic carbocycles. The first-order valence-electron chi connectivity index (χ1n) is 10.6. The lowest BCUT2D eigenvalue weighted by Gasteiger charge is -2.15. The number of anilines is 1. The van der Waals surface area contributed by atoms with E-state index in [0.717, 1.165) is 0 Å². The zero-order chi connectivity index (χ0) is 22.7. The van der Waals surface area contributed by atoms with Gasteiger partial charge in [-0.05, 0) is 55.7 Å². The molecule has 0 saturated carbocycles. The summed E-state index contributed by atoms with van der Waals surface area (Å²) in [5.41, 5.74) is 1.76. The highest BCUT2D eigenvalue weighted by atomic mass is 16.5. The number of hydrogen-bond acceptors (Lipinski definition) is 6. The Morgan fingerprint density at radius 3 is 2.12 bits per heavy atom. The molecule has 2 atom stereocenters. The molecule has 0 radical (unpaired) electrons. The minimum Gasteiger partial charge on any atom is -0.462 e. The van der Waals surface area contributed by atoms with Crippen molar-refractivity contribution in [2.45, 2.75) is 26.4 Å². The first kappa shape index (κ1) is 21.5. The third kappa shape index (κ3) is 4.19. The third-order valence-corrected chi connectivity index (χ3v) is 5.68. The van der Waals surface area contributed by atoms with E-state index in [1.807, 2.05) is 12.2 Å². The Bertz CT molecular complexity index is 1060. The minimum atomic E-state index is -0.570. The Balaban J connectivity index is 1.42. The number of carbonyl (C=O) groups is 4. The molecule has 1 heterocycles. The molecule has 0 spiro atoms. The summed E-state index contributed by atoms with van der Waals surface area (Å²) in [6.07, 6.45) is 4.98. The van der Waals surface area contributed by atoms with E-state index in [2.05, 4.69) is 0 Å². The van der Waals surface area contributed by atoms with Crippen molar-refractivity contribution in [3.8, 4) is 0 Å². The summed E-state index contributed by atoms with van der Waals surface area (Å²) in [5, 5.41) is 0. The molecule has 4 rings (SSSR count). The number of ether oxygens (including phenoxy) is 2. The Hall–Kier alpha value is -3.74. The topological polar surface area (TPSA) is 90.0 Å². The van der Waals surface area contributed by atoms with E-state index < -0.39 is 11.9 Å². The highest BCUT2D eigenvalue weighted by Gasteiger charge is 2.47. The van der Waals surface area contributed by atoms with Crippen molar-refractivity contribution in [2.24, 2.45) is 11.8 Å². The first-order chi connectivity index (χ1) is 15.5. The molecule has 2 amide bonds. The van der Waals surface area contributed by atoms with Crippen molar-refractivity contribution < 1.29 is 28.7 Å². The predicted octanol–water partition coefficient (Wildman–Crippen LogP) is 3.68. The maximum absolute atomic E-state index is 12.8. The zero-order valence-electron chi connectivity index (χ0n) is 17.7. The average Bonchev–Trinajstić information content (AvgIpc) is 3.08. The zero-order valence-corrected chi connectivity index (χ0v) is 17.7. The summed E-state index contributed by atoms with van der Waals surface area (Å²) in [6.45, 7) is 2.05. The van der Waals surface area contributed by atoms with E-state index >= 15 is 0 Å². The lowest BCUT2D eigenvalue weighted by Crippen LogP contribution is -2.31. The number of hydrogen-bond donors (Lipinski definition) is 0. The Labute approximate surface area is 185 Å². The molecule has 0 bridgehead atoms. The average molecular weight is 433 g/mol. The van der Waals surface area contributed by atoms with Crippen LogP contribution in [0.1, 0.15) is 46.0 Å². The second kappa shape index (κ2) is 9.18. The van der Waals surface area contributed by atoms with Gasteiger partial charge in [0.25, 0.3) is 0 Å². The molecule has 1 fully saturated rings. The van der Waals surface area contributed by atoms with Crippen molar-refractivity contribution in [3.05, 3.63) is 77.4 Å². The summed E-state index contributed by atoms with van der Waals surface area (Å²) < 4.78 is 10.3. The quantitative estimate of drug-likeness (QED) is 0.392. The van der Waals surface area contributed by atoms with Crippen LogP contribution in [-0.4, -0.2) is 30.4 Å². The van der Waals surface area contributed by atoms with E-state index in [4.69, 9.17) is 9.47 Å². The van der Waals surface area contributed by atoms with Crippen molar-refractivity contribution in [3.63, 3.8) is 0 Å². The molecule has 2 aromatic rings. The van der Waals surface area contributed by atoms with Crippen LogP contribution in [0.15, 0.2) is 60.7 Å². The van der Waals surface area contributed by atoms with E-state index in [1.165, 1.54) is 11.0 Å². The fourth-order valence-electron chi connectivity index (χ4n) is 4.01. The second-order valence-electron chi connectivity index (χ2n) is 7.71. The standard InChI is InChI=1S/C25H23NO6/c1-2-31-24(29)17-12-10-16(11-13-17)15-32-25(30)18-6-5-7-19(14-18)26-22(27)20-8-3-4-9-21(20)23(26)28/h3-7,10-14,20-21H,2,8-9,15H2,1H3/t20-,21+. The van der Waals surface area contributed by atoms with E-state index in [-0.39, 0.29) is 35.8 Å². The number of rotatable bonds is 6. The lowest BCUT2D eigenvalue weighted by atomic mass is 9.85. The van der Waals surface area contributed by atoms with Crippen LogP contribution in [0, 0.1) is 11.8 Å². The molecule has 1 aliphatic heterocycles. The molecule has 0 unspecified atom stereocenters. The van der Waals surface area contributed by atoms with Crippen molar-refractivity contribution in [1.29, 1.82) is 0 Å². The molecular formula is C25H23NO6. The summed E-state index contributed by atoms with van der Waals surface area (Å²) in [5.74, 6) is -2.09. The van der Waals surface area contributed by atoms with Gasteiger partial charge in [-0.25, -0.2) is 9.59 Å². The van der Waals surface area contributed by atoms with Gasteiger partial charge < -0.3 is 9.47 Å². The Morgan fingerprint density at radius 2 is 1.50 bits per heavy atom. The smallest absolute Gasteiger partial charge is 0.338 e. The van der Waals surface area contributed by atoms with Gasteiger partial charge in [0.1, 0.15) is 6.61 Å². The van der Waals surface area contributed by atoms with Crippen molar-refractivity contribution >= 4 is 29.4 Å². The monoisotopic (exact) mass is 433 g/mol. The number of esters is 2. The molecule has 7 heteroatoms. The minimum absolute atomic E-state index is 0.0174. The van der Waals surface area contributed by atoms with Gasteiger partial charge in [-0.2, -0.15) is 0 Å². The number of imide groups is 1. The molecule has 32 heavy (non-hydrogen) atoms. The number of carbonyl (C=O) groups excluding carboxylic acids is 4. The summed E-state index contributed by atoms with van der Waals surface area (Å²) in [7, 11) is 0. The van der Waals surface area contributed by atoms with Crippen LogP contribution in [0.5, 0.6) is 0 Å². The molecule has 2 aliphatic rings. The fraction of sp³-hybridized carbons (Fsp3) is 0.280. The van der Waals surface area contributed by atoms with Gasteiger partial charge in [0.15, 0.2) is 0 Å². The van der Waals surface area contributed by atoms with Crippen molar-refractivity contribution in [2.75, 3.05) is 11.5 Å². The molecule has 0 aromatic heterocycles. The summed E-state index contributed by atoms with van der Waals surface area (Å²) in [6, 6.07) is 13.0. The number of benzene rings is 2. The van der Waals surface area contributed by atoms with Gasteiger partial charge >= 0.3 is 11.9 Å². The molecule has 1 saturated heterocycles. The highest BCUT2D eigenvalue weighted by Crippen LogP contribution is 2.37. The second-order valence-corrected chi connectivity index (χ2v) is 7.71. The third-order valence-electron chi connectivity index (χ3n) is 5.68. The fourth-order valence-corrected chi connectivity index (χ4v) is 4.01. The molecule has 164 valence electrons. The van der Waals surface area contributed by atoms with Crippen LogP contribution in [0.25, 0.3) is 0 Å². The van der Waals surface area contributed by atoms with Gasteiger partial charge in [-0.3, -0.25) is 14.5 Å². The highest BCUT2D eigenvalue weighted by molar-refractivity contribution is 6.22. The van der Waals surface area contributed by atoms with Gasteiger partial charge in [0.2, 0.25) is 11.8 Å². The molecule has 2 aromatic carbocycles. The van der Waals surface area contributed by atoms with E-state index in [1.54, 1.807) is 49.4 Å². The molecule has 7 nitrogen and oxygen atoms in total. The first-order valence-corrected chi connectivity index (χ1v) is 10.6.